The Labute approximate surface area is 362 Å². The van der Waals surface area contributed by atoms with Crippen molar-refractivity contribution >= 4 is 109 Å². The number of rotatable bonds is 6. The lowest BCUT2D eigenvalue weighted by molar-refractivity contribution is -0.185. The van der Waals surface area contributed by atoms with E-state index >= 15 is 0 Å². The summed E-state index contributed by atoms with van der Waals surface area (Å²) in [4.78, 5) is 18.4. The third kappa shape index (κ3) is 9.23. The molecule has 0 spiro atoms. The molecule has 0 aliphatic carbocycles. The smallest absolute Gasteiger partial charge is 0.435 e. The number of aliphatic hydroxyl groups is 1. The number of carboxylic acid groups (broad SMARTS) is 1. The molecule has 0 amide bonds. The van der Waals surface area contributed by atoms with Gasteiger partial charge in [0.2, 0.25) is 0 Å². The second-order valence-corrected chi connectivity index (χ2v) is 17.3. The molecule has 7 nitrogen and oxygen atoms in total. The van der Waals surface area contributed by atoms with E-state index in [0.717, 1.165) is 34.1 Å². The minimum atomic E-state index is -5.07. The van der Waals surface area contributed by atoms with Crippen LogP contribution in [-0.4, -0.2) is 64.7 Å². The Balaban J connectivity index is 0.000000224. The second-order valence-electron chi connectivity index (χ2n) is 12.9. The van der Waals surface area contributed by atoms with Crippen molar-refractivity contribution in [3.63, 3.8) is 0 Å². The Kier molecular flexibility index (Phi) is 13.5. The molecule has 59 heavy (non-hydrogen) atoms. The molecule has 2 aliphatic rings. The number of halogens is 18. The standard InChI is InChI=1S/C16H9Cl3F6N2O2S.C16H11Cl3F6N2OS/c17-7-3-6(4-8(18)9(7)19)14(16(23,24)25)1-2-27(5-14)13-26-11(15(20,21)22)10(30-13)12(28)29;17-8-3-7(4-9(18)11(8)19)14(16(23,24)25)1-2-27(6-14)13-26-12(15(20,21)22)10(5-28)29-13/h3-4H,1-2,5H2,(H,28,29);3-4,28H,1-2,5-6H2. The lowest BCUT2D eigenvalue weighted by Gasteiger charge is -2.32. The van der Waals surface area contributed by atoms with Crippen LogP contribution in [0.25, 0.3) is 0 Å². The zero-order valence-electron chi connectivity index (χ0n) is 28.5. The maximum absolute atomic E-state index is 14.1. The van der Waals surface area contributed by atoms with Crippen LogP contribution in [0, 0.1) is 0 Å². The van der Waals surface area contributed by atoms with Crippen LogP contribution in [-0.2, 0) is 29.8 Å². The van der Waals surface area contributed by atoms with Crippen molar-refractivity contribution < 1.29 is 67.7 Å². The van der Waals surface area contributed by atoms with Crippen molar-refractivity contribution in [2.24, 2.45) is 0 Å². The fourth-order valence-electron chi connectivity index (χ4n) is 6.46. The van der Waals surface area contributed by atoms with Crippen molar-refractivity contribution in [3.8, 4) is 0 Å². The Bertz CT molecular complexity index is 2210. The van der Waals surface area contributed by atoms with Crippen LogP contribution in [0.5, 0.6) is 0 Å². The van der Waals surface area contributed by atoms with E-state index in [2.05, 4.69) is 9.97 Å². The van der Waals surface area contributed by atoms with Gasteiger partial charge in [0.1, 0.15) is 15.7 Å². The summed E-state index contributed by atoms with van der Waals surface area (Å²) in [6.07, 6.45) is -20.4. The van der Waals surface area contributed by atoms with Crippen molar-refractivity contribution in [2.45, 2.75) is 55.0 Å². The first-order valence-corrected chi connectivity index (χ1v) is 19.8. The normalized spacial score (nSPS) is 20.3. The summed E-state index contributed by atoms with van der Waals surface area (Å²) in [6, 6.07) is 4.15. The maximum atomic E-state index is 14.1. The molecule has 4 aromatic rings. The SMILES string of the molecule is O=C(O)c1sc(N2CCC(c3cc(Cl)c(Cl)c(Cl)c3)(C(F)(F)F)C2)nc1C(F)(F)F.OCc1sc(N2CCC(c3cc(Cl)c(Cl)c(Cl)c3)(C(F)(F)F)C2)nc1C(F)(F)F. The van der Waals surface area contributed by atoms with Crippen LogP contribution < -0.4 is 9.80 Å². The molecule has 0 bridgehead atoms. The third-order valence-corrected chi connectivity index (χ3v) is 14.0. The number of alkyl halides is 12. The number of carboxylic acids is 1. The van der Waals surface area contributed by atoms with E-state index < -0.39 is 100 Å². The highest BCUT2D eigenvalue weighted by molar-refractivity contribution is 7.17. The molecule has 2 aromatic carbocycles. The first-order valence-electron chi connectivity index (χ1n) is 15.9. The van der Waals surface area contributed by atoms with E-state index in [4.69, 9.17) is 79.8 Å². The highest BCUT2D eigenvalue weighted by atomic mass is 35.5. The molecule has 2 N–H and O–H groups in total. The minimum Gasteiger partial charge on any atom is -0.477 e. The Morgan fingerprint density at radius 2 is 1.00 bits per heavy atom. The number of aromatic carboxylic acids is 1. The summed E-state index contributed by atoms with van der Waals surface area (Å²) in [5, 5.41) is 16.5. The second kappa shape index (κ2) is 16.7. The summed E-state index contributed by atoms with van der Waals surface area (Å²) >= 11 is 35.8. The summed E-state index contributed by atoms with van der Waals surface area (Å²) in [7, 11) is 0. The molecular formula is C32H20Cl6F12N4O3S2. The number of thiazole rings is 2. The molecule has 2 saturated heterocycles. The van der Waals surface area contributed by atoms with Gasteiger partial charge in [0.05, 0.1) is 41.6 Å². The van der Waals surface area contributed by atoms with Crippen molar-refractivity contribution in [1.82, 2.24) is 9.97 Å². The number of carbonyl (C=O) groups is 1. The van der Waals surface area contributed by atoms with E-state index in [1.54, 1.807) is 0 Å². The number of aromatic nitrogens is 2. The van der Waals surface area contributed by atoms with Gasteiger partial charge in [-0.3, -0.25) is 0 Å². The summed E-state index contributed by atoms with van der Waals surface area (Å²) in [5.74, 6) is -1.87. The molecule has 0 radical (unpaired) electrons. The van der Waals surface area contributed by atoms with Gasteiger partial charge in [-0.2, -0.15) is 52.7 Å². The van der Waals surface area contributed by atoms with E-state index in [1.165, 1.54) is 0 Å². The van der Waals surface area contributed by atoms with Crippen LogP contribution in [0.1, 0.15) is 49.9 Å². The van der Waals surface area contributed by atoms with Gasteiger partial charge in [-0.1, -0.05) is 92.3 Å². The predicted octanol–water partition coefficient (Wildman–Crippen LogP) is 12.9. The van der Waals surface area contributed by atoms with Crippen molar-refractivity contribution in [2.75, 3.05) is 36.0 Å². The van der Waals surface area contributed by atoms with E-state index in [-0.39, 0.29) is 70.8 Å². The van der Waals surface area contributed by atoms with Gasteiger partial charge in [0, 0.05) is 26.2 Å². The molecule has 0 saturated carbocycles. The highest BCUT2D eigenvalue weighted by Gasteiger charge is 2.61. The molecule has 2 aromatic heterocycles. The molecule has 2 unspecified atom stereocenters. The maximum Gasteiger partial charge on any atom is 0.435 e. The van der Waals surface area contributed by atoms with Gasteiger partial charge in [-0.05, 0) is 48.2 Å². The van der Waals surface area contributed by atoms with E-state index in [1.807, 2.05) is 0 Å². The Morgan fingerprint density at radius 1 is 0.644 bits per heavy atom. The molecule has 6 rings (SSSR count). The van der Waals surface area contributed by atoms with E-state index in [9.17, 15) is 57.5 Å². The fourth-order valence-corrected chi connectivity index (χ4v) is 9.56. The van der Waals surface area contributed by atoms with Gasteiger partial charge in [-0.25, -0.2) is 14.8 Å². The molecule has 27 heteroatoms. The summed E-state index contributed by atoms with van der Waals surface area (Å²) in [5.41, 5.74) is -8.43. The average Bonchev–Trinajstić information content (AvgIpc) is 3.92. The zero-order valence-corrected chi connectivity index (χ0v) is 34.6. The Hall–Kier alpha value is -2.37. The molecule has 4 heterocycles. The topological polar surface area (TPSA) is 89.8 Å². The molecule has 2 aliphatic heterocycles. The first kappa shape index (κ1) is 47.7. The largest absolute Gasteiger partial charge is 0.477 e. The molecular weight excluding hydrogens is 993 g/mol. The van der Waals surface area contributed by atoms with Gasteiger partial charge in [0.25, 0.3) is 0 Å². The molecule has 2 atom stereocenters. The van der Waals surface area contributed by atoms with Crippen LogP contribution in [0.3, 0.4) is 0 Å². The highest BCUT2D eigenvalue weighted by Crippen LogP contribution is 2.53. The number of benzene rings is 2. The monoisotopic (exact) mass is 1010 g/mol. The third-order valence-electron chi connectivity index (χ3n) is 9.41. The number of nitrogens with zero attached hydrogens (tertiary/aromatic N) is 4. The lowest BCUT2D eigenvalue weighted by atomic mass is 9.79. The number of hydrogen-bond acceptors (Lipinski definition) is 8. The van der Waals surface area contributed by atoms with Crippen LogP contribution in [0.2, 0.25) is 30.1 Å². The van der Waals surface area contributed by atoms with Gasteiger partial charge in [-0.15, -0.1) is 0 Å². The summed E-state index contributed by atoms with van der Waals surface area (Å²) < 4.78 is 163. The molecule has 324 valence electrons. The van der Waals surface area contributed by atoms with Crippen molar-refractivity contribution in [1.29, 1.82) is 0 Å². The van der Waals surface area contributed by atoms with E-state index in [0.29, 0.717) is 11.3 Å². The summed E-state index contributed by atoms with van der Waals surface area (Å²) in [6.45, 7) is -2.92. The van der Waals surface area contributed by atoms with Crippen LogP contribution in [0.15, 0.2) is 24.3 Å². The van der Waals surface area contributed by atoms with Crippen molar-refractivity contribution in [3.05, 3.63) is 86.7 Å². The number of hydrogen-bond donors (Lipinski definition) is 2. The zero-order chi connectivity index (χ0) is 44.4. The van der Waals surface area contributed by atoms with Crippen LogP contribution >= 0.6 is 92.3 Å². The van der Waals surface area contributed by atoms with Crippen LogP contribution in [0.4, 0.5) is 62.9 Å². The van der Waals surface area contributed by atoms with Gasteiger partial charge < -0.3 is 20.0 Å². The lowest BCUT2D eigenvalue weighted by Crippen LogP contribution is -2.44. The number of anilines is 2. The predicted molar refractivity (Wildman–Crippen MR) is 199 cm³/mol. The molecule has 2 fully saturated rings. The Morgan fingerprint density at radius 3 is 1.29 bits per heavy atom. The van der Waals surface area contributed by atoms with Gasteiger partial charge >= 0.3 is 30.7 Å². The average molecular weight is 1010 g/mol. The fraction of sp³-hybridized carbons (Fsp3) is 0.406. The first-order chi connectivity index (χ1) is 27.0. The van der Waals surface area contributed by atoms with Gasteiger partial charge in [0.15, 0.2) is 21.7 Å². The quantitative estimate of drug-likeness (QED) is 0.147. The number of aliphatic hydroxyl groups excluding tert-OH is 1. The minimum absolute atomic E-state index is 0.0911.